The third kappa shape index (κ3) is 4.00. The fourth-order valence-corrected chi connectivity index (χ4v) is 3.39. The number of nitrogens with zero attached hydrogens (tertiary/aromatic N) is 7. The Bertz CT molecular complexity index is 905. The Morgan fingerprint density at radius 2 is 1.89 bits per heavy atom. The SMILES string of the molecule is C[C@H](Cn1cncn1)C(=O)N1CCN(c2nccc(-c3ccccc3)n2)CC1. The van der Waals surface area contributed by atoms with Crippen molar-refractivity contribution in [2.75, 3.05) is 31.1 Å². The van der Waals surface area contributed by atoms with Crippen LogP contribution in [0.1, 0.15) is 6.92 Å². The van der Waals surface area contributed by atoms with Gasteiger partial charge in [-0.25, -0.2) is 15.0 Å². The van der Waals surface area contributed by atoms with Crippen molar-refractivity contribution >= 4 is 11.9 Å². The summed E-state index contributed by atoms with van der Waals surface area (Å²) in [5.74, 6) is 0.726. The number of anilines is 1. The highest BCUT2D eigenvalue weighted by atomic mass is 16.2. The lowest BCUT2D eigenvalue weighted by Crippen LogP contribution is -2.51. The van der Waals surface area contributed by atoms with Crippen molar-refractivity contribution in [3.63, 3.8) is 0 Å². The third-order valence-electron chi connectivity index (χ3n) is 4.94. The number of benzene rings is 1. The van der Waals surface area contributed by atoms with Gasteiger partial charge in [-0.3, -0.25) is 9.48 Å². The zero-order chi connectivity index (χ0) is 19.3. The van der Waals surface area contributed by atoms with Gasteiger partial charge in [0.15, 0.2) is 0 Å². The van der Waals surface area contributed by atoms with Gasteiger partial charge in [0.05, 0.1) is 18.2 Å². The highest BCUT2D eigenvalue weighted by Gasteiger charge is 2.26. The lowest BCUT2D eigenvalue weighted by atomic mass is 10.1. The average Bonchev–Trinajstić information content (AvgIpc) is 3.27. The van der Waals surface area contributed by atoms with E-state index in [1.54, 1.807) is 17.2 Å². The van der Waals surface area contributed by atoms with Gasteiger partial charge >= 0.3 is 0 Å². The summed E-state index contributed by atoms with van der Waals surface area (Å²) in [7, 11) is 0. The molecule has 3 aromatic rings. The van der Waals surface area contributed by atoms with E-state index in [-0.39, 0.29) is 11.8 Å². The molecule has 1 aliphatic heterocycles. The molecule has 144 valence electrons. The van der Waals surface area contributed by atoms with Crippen LogP contribution in [0, 0.1) is 5.92 Å². The molecule has 1 fully saturated rings. The Labute approximate surface area is 163 Å². The van der Waals surface area contributed by atoms with Crippen LogP contribution in [-0.4, -0.2) is 61.7 Å². The predicted octanol–water partition coefficient (Wildman–Crippen LogP) is 1.72. The van der Waals surface area contributed by atoms with Gasteiger partial charge in [0, 0.05) is 37.9 Å². The summed E-state index contributed by atoms with van der Waals surface area (Å²) in [5, 5.41) is 4.08. The highest BCUT2D eigenvalue weighted by molar-refractivity contribution is 5.78. The first-order valence-electron chi connectivity index (χ1n) is 9.45. The van der Waals surface area contributed by atoms with Gasteiger partial charge in [0.25, 0.3) is 0 Å². The van der Waals surface area contributed by atoms with E-state index in [2.05, 4.69) is 20.0 Å². The Balaban J connectivity index is 1.37. The molecule has 3 heterocycles. The molecule has 0 radical (unpaired) electrons. The minimum atomic E-state index is -0.133. The standard InChI is InChI=1S/C20H23N7O/c1-16(13-27-15-21-14-23-27)19(28)25-9-11-26(12-10-25)20-22-8-7-18(24-20)17-5-3-2-4-6-17/h2-8,14-16H,9-13H2,1H3/t16-/m1/s1. The van der Waals surface area contributed by atoms with Crippen molar-refractivity contribution in [2.45, 2.75) is 13.5 Å². The number of rotatable bonds is 5. The molecule has 2 aromatic heterocycles. The van der Waals surface area contributed by atoms with E-state index in [4.69, 9.17) is 4.98 Å². The summed E-state index contributed by atoms with van der Waals surface area (Å²) < 4.78 is 1.70. The third-order valence-corrected chi connectivity index (χ3v) is 4.94. The summed E-state index contributed by atoms with van der Waals surface area (Å²) in [6, 6.07) is 12.0. The van der Waals surface area contributed by atoms with Gasteiger partial charge in [0.2, 0.25) is 11.9 Å². The maximum absolute atomic E-state index is 12.7. The first-order valence-corrected chi connectivity index (χ1v) is 9.45. The molecule has 1 saturated heterocycles. The summed E-state index contributed by atoms with van der Waals surface area (Å²) >= 11 is 0. The van der Waals surface area contributed by atoms with Crippen molar-refractivity contribution in [3.8, 4) is 11.3 Å². The topological polar surface area (TPSA) is 80.0 Å². The van der Waals surface area contributed by atoms with Crippen LogP contribution in [0.3, 0.4) is 0 Å². The van der Waals surface area contributed by atoms with E-state index in [0.29, 0.717) is 25.6 Å². The number of amides is 1. The fourth-order valence-electron chi connectivity index (χ4n) is 3.39. The minimum absolute atomic E-state index is 0.133. The first kappa shape index (κ1) is 18.1. The van der Waals surface area contributed by atoms with Crippen molar-refractivity contribution in [2.24, 2.45) is 5.92 Å². The predicted molar refractivity (Wildman–Crippen MR) is 105 cm³/mol. The second kappa shape index (κ2) is 8.16. The van der Waals surface area contributed by atoms with Crippen molar-refractivity contribution in [3.05, 3.63) is 55.2 Å². The molecule has 8 heteroatoms. The molecule has 0 bridgehead atoms. The molecule has 8 nitrogen and oxygen atoms in total. The zero-order valence-corrected chi connectivity index (χ0v) is 15.8. The minimum Gasteiger partial charge on any atom is -0.339 e. The van der Waals surface area contributed by atoms with Gasteiger partial charge in [-0.2, -0.15) is 5.10 Å². The number of carbonyl (C=O) groups excluding carboxylic acids is 1. The van der Waals surface area contributed by atoms with Crippen LogP contribution < -0.4 is 4.90 Å². The molecular weight excluding hydrogens is 354 g/mol. The normalized spacial score (nSPS) is 15.5. The molecule has 0 saturated carbocycles. The maximum Gasteiger partial charge on any atom is 0.227 e. The summed E-state index contributed by atoms with van der Waals surface area (Å²) in [6.45, 7) is 5.25. The van der Waals surface area contributed by atoms with E-state index in [1.165, 1.54) is 6.33 Å². The average molecular weight is 377 g/mol. The second-order valence-electron chi connectivity index (χ2n) is 6.94. The van der Waals surface area contributed by atoms with Crippen LogP contribution in [0.4, 0.5) is 5.95 Å². The van der Waals surface area contributed by atoms with E-state index in [9.17, 15) is 4.79 Å². The highest BCUT2D eigenvalue weighted by Crippen LogP contribution is 2.19. The molecule has 0 unspecified atom stereocenters. The molecule has 28 heavy (non-hydrogen) atoms. The largest absolute Gasteiger partial charge is 0.339 e. The van der Waals surface area contributed by atoms with Crippen molar-refractivity contribution < 1.29 is 4.79 Å². The molecule has 1 aromatic carbocycles. The number of piperazine rings is 1. The van der Waals surface area contributed by atoms with E-state index in [0.717, 1.165) is 24.3 Å². The summed E-state index contributed by atoms with van der Waals surface area (Å²) in [4.78, 5) is 29.9. The molecule has 1 aliphatic rings. The second-order valence-corrected chi connectivity index (χ2v) is 6.94. The Hall–Kier alpha value is -3.29. The van der Waals surface area contributed by atoms with Crippen LogP contribution in [0.25, 0.3) is 11.3 Å². The van der Waals surface area contributed by atoms with Gasteiger partial charge in [-0.15, -0.1) is 0 Å². The first-order chi connectivity index (χ1) is 13.7. The smallest absolute Gasteiger partial charge is 0.227 e. The van der Waals surface area contributed by atoms with E-state index < -0.39 is 0 Å². The molecule has 1 atom stereocenters. The van der Waals surface area contributed by atoms with Gasteiger partial charge < -0.3 is 9.80 Å². The van der Waals surface area contributed by atoms with Crippen molar-refractivity contribution in [1.29, 1.82) is 0 Å². The Morgan fingerprint density at radius 3 is 2.61 bits per heavy atom. The van der Waals surface area contributed by atoms with Crippen LogP contribution in [0.2, 0.25) is 0 Å². The summed E-state index contributed by atoms with van der Waals surface area (Å²) in [5.41, 5.74) is 1.98. The van der Waals surface area contributed by atoms with Crippen molar-refractivity contribution in [1.82, 2.24) is 29.6 Å². The van der Waals surface area contributed by atoms with Gasteiger partial charge in [-0.05, 0) is 6.07 Å². The lowest BCUT2D eigenvalue weighted by molar-refractivity contribution is -0.135. The van der Waals surface area contributed by atoms with Gasteiger partial charge in [-0.1, -0.05) is 37.3 Å². The van der Waals surface area contributed by atoms with Gasteiger partial charge in [0.1, 0.15) is 12.7 Å². The molecule has 0 aliphatic carbocycles. The Morgan fingerprint density at radius 1 is 1.11 bits per heavy atom. The number of carbonyl (C=O) groups is 1. The Kier molecular flexibility index (Phi) is 5.27. The molecular formula is C20H23N7O. The van der Waals surface area contributed by atoms with Crippen LogP contribution in [0.5, 0.6) is 0 Å². The molecule has 4 rings (SSSR count). The van der Waals surface area contributed by atoms with Crippen LogP contribution >= 0.6 is 0 Å². The number of aromatic nitrogens is 5. The molecule has 0 spiro atoms. The maximum atomic E-state index is 12.7. The van der Waals surface area contributed by atoms with Crippen LogP contribution in [-0.2, 0) is 11.3 Å². The summed E-state index contributed by atoms with van der Waals surface area (Å²) in [6.07, 6.45) is 4.92. The molecule has 1 amide bonds. The lowest BCUT2D eigenvalue weighted by Gasteiger charge is -2.36. The molecule has 0 N–H and O–H groups in total. The van der Waals surface area contributed by atoms with E-state index in [1.807, 2.05) is 48.2 Å². The number of hydrogen-bond donors (Lipinski definition) is 0. The fraction of sp³-hybridized carbons (Fsp3) is 0.350. The van der Waals surface area contributed by atoms with E-state index >= 15 is 0 Å². The van der Waals surface area contributed by atoms with Crippen LogP contribution in [0.15, 0.2) is 55.2 Å². The quantitative estimate of drug-likeness (QED) is 0.674. The zero-order valence-electron chi connectivity index (χ0n) is 15.8. The number of hydrogen-bond acceptors (Lipinski definition) is 6. The monoisotopic (exact) mass is 377 g/mol.